The first-order valence-corrected chi connectivity index (χ1v) is 6.02. The maximum atomic E-state index is 5.53. The molecule has 0 aromatic carbocycles. The van der Waals surface area contributed by atoms with E-state index in [1.165, 1.54) is 0 Å². The highest BCUT2D eigenvalue weighted by molar-refractivity contribution is 9.10. The van der Waals surface area contributed by atoms with Crippen molar-refractivity contribution < 1.29 is 9.47 Å². The number of pyridine rings is 1. The number of methoxy groups -OCH3 is 1. The summed E-state index contributed by atoms with van der Waals surface area (Å²) in [6.45, 7) is 2.11. The lowest BCUT2D eigenvalue weighted by Gasteiger charge is -2.26. The number of hydrogen-bond acceptors (Lipinski definition) is 4. The predicted octanol–water partition coefficient (Wildman–Crippen LogP) is 2.06. The Hall–Kier alpha value is -0.650. The van der Waals surface area contributed by atoms with Crippen LogP contribution in [-0.4, -0.2) is 37.5 Å². The van der Waals surface area contributed by atoms with Gasteiger partial charge < -0.3 is 14.8 Å². The standard InChI is InChI=1S/C11H15BrN2O2/c1-15-11(4-6-16-8-11)7-14-10-9(12)3-2-5-13-10/h2-3,5H,4,6-8H2,1H3,(H,13,14). The molecule has 0 bridgehead atoms. The van der Waals surface area contributed by atoms with Gasteiger partial charge in [0, 0.05) is 32.9 Å². The van der Waals surface area contributed by atoms with Gasteiger partial charge in [-0.2, -0.15) is 0 Å². The molecule has 1 fully saturated rings. The number of rotatable bonds is 4. The Balaban J connectivity index is 1.98. The number of nitrogens with one attached hydrogen (secondary N) is 1. The average Bonchev–Trinajstić information content (AvgIpc) is 2.78. The molecule has 0 aliphatic carbocycles. The molecular formula is C11H15BrN2O2. The zero-order chi connectivity index (χ0) is 11.4. The summed E-state index contributed by atoms with van der Waals surface area (Å²) in [6, 6.07) is 3.85. The fourth-order valence-electron chi connectivity index (χ4n) is 1.72. The number of ether oxygens (including phenoxy) is 2. The van der Waals surface area contributed by atoms with Crippen molar-refractivity contribution in [3.63, 3.8) is 0 Å². The van der Waals surface area contributed by atoms with Gasteiger partial charge in [0.05, 0.1) is 11.1 Å². The van der Waals surface area contributed by atoms with E-state index in [0.717, 1.165) is 23.3 Å². The molecule has 4 nitrogen and oxygen atoms in total. The van der Waals surface area contributed by atoms with E-state index in [9.17, 15) is 0 Å². The second-order valence-electron chi connectivity index (χ2n) is 3.88. The molecule has 1 aromatic heterocycles. The summed E-state index contributed by atoms with van der Waals surface area (Å²) < 4.78 is 11.9. The highest BCUT2D eigenvalue weighted by Gasteiger charge is 2.34. The lowest BCUT2D eigenvalue weighted by atomic mass is 10.0. The van der Waals surface area contributed by atoms with Gasteiger partial charge in [-0.15, -0.1) is 0 Å². The average molecular weight is 287 g/mol. The Labute approximate surface area is 103 Å². The molecule has 1 saturated heterocycles. The molecule has 1 aliphatic heterocycles. The van der Waals surface area contributed by atoms with Gasteiger partial charge in [-0.25, -0.2) is 4.98 Å². The lowest BCUT2D eigenvalue weighted by molar-refractivity contribution is -0.00626. The van der Waals surface area contributed by atoms with E-state index in [4.69, 9.17) is 9.47 Å². The largest absolute Gasteiger partial charge is 0.378 e. The minimum atomic E-state index is -0.211. The van der Waals surface area contributed by atoms with Crippen molar-refractivity contribution in [2.75, 3.05) is 32.2 Å². The van der Waals surface area contributed by atoms with Gasteiger partial charge in [-0.05, 0) is 28.1 Å². The summed E-state index contributed by atoms with van der Waals surface area (Å²) in [7, 11) is 1.73. The molecule has 0 radical (unpaired) electrons. The molecule has 5 heteroatoms. The minimum Gasteiger partial charge on any atom is -0.378 e. The SMILES string of the molecule is COC1(CNc2ncccc2Br)CCOC1. The molecule has 1 atom stereocenters. The maximum Gasteiger partial charge on any atom is 0.140 e. The Bertz CT molecular complexity index is 354. The van der Waals surface area contributed by atoms with Gasteiger partial charge >= 0.3 is 0 Å². The lowest BCUT2D eigenvalue weighted by Crippen LogP contribution is -2.39. The van der Waals surface area contributed by atoms with Gasteiger partial charge in [-0.3, -0.25) is 0 Å². The van der Waals surface area contributed by atoms with Gasteiger partial charge in [0.2, 0.25) is 0 Å². The second kappa shape index (κ2) is 5.12. The number of aromatic nitrogens is 1. The van der Waals surface area contributed by atoms with E-state index >= 15 is 0 Å². The van der Waals surface area contributed by atoms with Crippen LogP contribution in [0.25, 0.3) is 0 Å². The summed E-state index contributed by atoms with van der Waals surface area (Å²) in [6.07, 6.45) is 2.68. The first-order valence-electron chi connectivity index (χ1n) is 5.23. The van der Waals surface area contributed by atoms with E-state index < -0.39 is 0 Å². The third-order valence-corrected chi connectivity index (χ3v) is 3.48. The van der Waals surface area contributed by atoms with Crippen LogP contribution in [0.3, 0.4) is 0 Å². The molecule has 1 aromatic rings. The molecular weight excluding hydrogens is 272 g/mol. The van der Waals surface area contributed by atoms with Gasteiger partial charge in [0.15, 0.2) is 0 Å². The normalized spacial score (nSPS) is 24.6. The van der Waals surface area contributed by atoms with Crippen LogP contribution in [-0.2, 0) is 9.47 Å². The maximum absolute atomic E-state index is 5.53. The Morgan fingerprint density at radius 2 is 2.56 bits per heavy atom. The molecule has 0 saturated carbocycles. The highest BCUT2D eigenvalue weighted by atomic mass is 79.9. The Morgan fingerprint density at radius 1 is 1.69 bits per heavy atom. The van der Waals surface area contributed by atoms with Crippen LogP contribution in [0.1, 0.15) is 6.42 Å². The van der Waals surface area contributed by atoms with Crippen molar-refractivity contribution >= 4 is 21.7 Å². The zero-order valence-corrected chi connectivity index (χ0v) is 10.8. The minimum absolute atomic E-state index is 0.211. The summed E-state index contributed by atoms with van der Waals surface area (Å²) in [4.78, 5) is 4.25. The molecule has 0 spiro atoms. The van der Waals surface area contributed by atoms with E-state index in [1.54, 1.807) is 13.3 Å². The monoisotopic (exact) mass is 286 g/mol. The molecule has 2 heterocycles. The first kappa shape index (κ1) is 11.8. The quantitative estimate of drug-likeness (QED) is 0.920. The topological polar surface area (TPSA) is 43.4 Å². The molecule has 1 aliphatic rings. The fraction of sp³-hybridized carbons (Fsp3) is 0.545. The Morgan fingerprint density at radius 3 is 3.19 bits per heavy atom. The van der Waals surface area contributed by atoms with Crippen LogP contribution in [0.5, 0.6) is 0 Å². The number of hydrogen-bond donors (Lipinski definition) is 1. The number of halogens is 1. The molecule has 88 valence electrons. The van der Waals surface area contributed by atoms with Crippen LogP contribution in [0.2, 0.25) is 0 Å². The van der Waals surface area contributed by atoms with E-state index in [2.05, 4.69) is 26.2 Å². The van der Waals surface area contributed by atoms with Crippen molar-refractivity contribution in [2.45, 2.75) is 12.0 Å². The third kappa shape index (κ3) is 2.53. The highest BCUT2D eigenvalue weighted by Crippen LogP contribution is 2.24. The van der Waals surface area contributed by atoms with Crippen molar-refractivity contribution in [3.8, 4) is 0 Å². The smallest absolute Gasteiger partial charge is 0.140 e. The summed E-state index contributed by atoms with van der Waals surface area (Å²) in [5.74, 6) is 0.839. The molecule has 16 heavy (non-hydrogen) atoms. The predicted molar refractivity (Wildman–Crippen MR) is 65.6 cm³/mol. The van der Waals surface area contributed by atoms with Crippen molar-refractivity contribution in [1.29, 1.82) is 0 Å². The zero-order valence-electron chi connectivity index (χ0n) is 9.20. The van der Waals surface area contributed by atoms with Gasteiger partial charge in [0.25, 0.3) is 0 Å². The van der Waals surface area contributed by atoms with E-state index in [-0.39, 0.29) is 5.60 Å². The second-order valence-corrected chi connectivity index (χ2v) is 4.73. The van der Waals surface area contributed by atoms with E-state index in [1.807, 2.05) is 12.1 Å². The number of nitrogens with zero attached hydrogens (tertiary/aromatic N) is 1. The van der Waals surface area contributed by atoms with Gasteiger partial charge in [0.1, 0.15) is 11.4 Å². The Kier molecular flexibility index (Phi) is 3.78. The molecule has 1 N–H and O–H groups in total. The van der Waals surface area contributed by atoms with Crippen LogP contribution in [0.4, 0.5) is 5.82 Å². The van der Waals surface area contributed by atoms with Crippen molar-refractivity contribution in [2.24, 2.45) is 0 Å². The molecule has 0 amide bonds. The summed E-state index contributed by atoms with van der Waals surface area (Å²) >= 11 is 3.45. The van der Waals surface area contributed by atoms with E-state index in [0.29, 0.717) is 13.2 Å². The van der Waals surface area contributed by atoms with Gasteiger partial charge in [-0.1, -0.05) is 0 Å². The summed E-state index contributed by atoms with van der Waals surface area (Å²) in [5.41, 5.74) is -0.211. The van der Waals surface area contributed by atoms with Crippen LogP contribution in [0.15, 0.2) is 22.8 Å². The number of anilines is 1. The first-order chi connectivity index (χ1) is 7.76. The summed E-state index contributed by atoms with van der Waals surface area (Å²) in [5, 5.41) is 3.28. The van der Waals surface area contributed by atoms with Crippen LogP contribution < -0.4 is 5.32 Å². The third-order valence-electron chi connectivity index (χ3n) is 2.84. The molecule has 2 rings (SSSR count). The van der Waals surface area contributed by atoms with Crippen LogP contribution >= 0.6 is 15.9 Å². The van der Waals surface area contributed by atoms with Crippen molar-refractivity contribution in [3.05, 3.63) is 22.8 Å². The van der Waals surface area contributed by atoms with Crippen LogP contribution in [0, 0.1) is 0 Å². The van der Waals surface area contributed by atoms with Crippen molar-refractivity contribution in [1.82, 2.24) is 4.98 Å². The molecule has 1 unspecified atom stereocenters. The fourth-order valence-corrected chi connectivity index (χ4v) is 2.12.